The van der Waals surface area contributed by atoms with E-state index in [1.165, 1.54) is 23.1 Å². The molecule has 4 aromatic rings. The van der Waals surface area contributed by atoms with Gasteiger partial charge in [-0.05, 0) is 18.6 Å². The second-order valence-electron chi connectivity index (χ2n) is 6.39. The van der Waals surface area contributed by atoms with E-state index < -0.39 is 0 Å². The molecule has 9 nitrogen and oxygen atoms in total. The van der Waals surface area contributed by atoms with Crippen molar-refractivity contribution in [2.45, 2.75) is 25.0 Å². The van der Waals surface area contributed by atoms with Crippen LogP contribution in [-0.4, -0.2) is 43.7 Å². The van der Waals surface area contributed by atoms with Crippen LogP contribution < -0.4 is 10.1 Å². The van der Waals surface area contributed by atoms with Crippen molar-refractivity contribution in [3.8, 4) is 17.3 Å². The molecule has 31 heavy (non-hydrogen) atoms. The maximum Gasteiger partial charge on any atom is 0.236 e. The fourth-order valence-electron chi connectivity index (χ4n) is 2.91. The van der Waals surface area contributed by atoms with Gasteiger partial charge in [-0.3, -0.25) is 14.7 Å². The molecular weight excluding hydrogens is 436 g/mol. The number of anilines is 1. The molecular formula is C20H20N6O3S2. The molecule has 0 aliphatic carbocycles. The van der Waals surface area contributed by atoms with E-state index in [4.69, 9.17) is 9.15 Å². The van der Waals surface area contributed by atoms with Crippen molar-refractivity contribution >= 4 is 45.1 Å². The number of carbonyl (C=O) groups is 1. The van der Waals surface area contributed by atoms with Gasteiger partial charge in [0.1, 0.15) is 5.01 Å². The van der Waals surface area contributed by atoms with E-state index in [-0.39, 0.29) is 11.7 Å². The largest absolute Gasteiger partial charge is 0.493 e. The Kier molecular flexibility index (Phi) is 6.33. The highest BCUT2D eigenvalue weighted by molar-refractivity contribution is 7.99. The number of methoxy groups -OCH3 is 1. The molecule has 0 unspecified atom stereocenters. The van der Waals surface area contributed by atoms with E-state index in [1.54, 1.807) is 13.2 Å². The molecule has 1 aromatic carbocycles. The summed E-state index contributed by atoms with van der Waals surface area (Å²) in [5.41, 5.74) is 0.644. The first kappa shape index (κ1) is 21.1. The molecule has 1 amide bonds. The summed E-state index contributed by atoms with van der Waals surface area (Å²) in [7, 11) is 1.60. The van der Waals surface area contributed by atoms with Crippen LogP contribution in [0.3, 0.4) is 0 Å². The summed E-state index contributed by atoms with van der Waals surface area (Å²) in [6.07, 6.45) is 2.52. The predicted octanol–water partition coefficient (Wildman–Crippen LogP) is 4.03. The predicted molar refractivity (Wildman–Crippen MR) is 121 cm³/mol. The minimum Gasteiger partial charge on any atom is -0.493 e. The highest BCUT2D eigenvalue weighted by Crippen LogP contribution is 2.33. The lowest BCUT2D eigenvalue weighted by atomic mass is 10.2. The molecule has 0 fully saturated rings. The van der Waals surface area contributed by atoms with Gasteiger partial charge in [-0.25, -0.2) is 0 Å². The third-order valence-corrected chi connectivity index (χ3v) is 6.27. The van der Waals surface area contributed by atoms with Crippen LogP contribution in [0.5, 0.6) is 5.75 Å². The van der Waals surface area contributed by atoms with Gasteiger partial charge in [0.05, 0.1) is 12.9 Å². The number of benzene rings is 1. The van der Waals surface area contributed by atoms with Gasteiger partial charge in [-0.1, -0.05) is 48.2 Å². The van der Waals surface area contributed by atoms with Gasteiger partial charge < -0.3 is 9.15 Å². The normalized spacial score (nSPS) is 11.0. The molecule has 4 rings (SSSR count). The van der Waals surface area contributed by atoms with Crippen LogP contribution in [0.15, 0.2) is 46.5 Å². The number of nitrogens with one attached hydrogen (secondary N) is 1. The summed E-state index contributed by atoms with van der Waals surface area (Å²) < 4.78 is 13.2. The summed E-state index contributed by atoms with van der Waals surface area (Å²) in [5.74, 6) is 1.73. The number of aryl methyl sites for hydroxylation is 1. The molecule has 160 valence electrons. The van der Waals surface area contributed by atoms with Gasteiger partial charge in [-0.2, -0.15) is 0 Å². The zero-order valence-electron chi connectivity index (χ0n) is 17.0. The number of nitrogens with zero attached hydrogens (tertiary/aromatic N) is 5. The molecule has 11 heteroatoms. The number of thioether (sulfide) groups is 1. The van der Waals surface area contributed by atoms with E-state index in [2.05, 4.69) is 32.3 Å². The van der Waals surface area contributed by atoms with Crippen LogP contribution in [0.25, 0.3) is 22.6 Å². The van der Waals surface area contributed by atoms with Crippen molar-refractivity contribution < 1.29 is 13.9 Å². The summed E-state index contributed by atoms with van der Waals surface area (Å²) in [6, 6.07) is 7.57. The second-order valence-corrected chi connectivity index (χ2v) is 8.39. The molecule has 0 radical (unpaired) electrons. The highest BCUT2D eigenvalue weighted by atomic mass is 32.2. The van der Waals surface area contributed by atoms with Crippen LogP contribution in [0, 0.1) is 0 Å². The minimum atomic E-state index is -0.188. The number of fused-ring (bicyclic) bond motifs is 1. The van der Waals surface area contributed by atoms with Crippen LogP contribution in [0.2, 0.25) is 0 Å². The van der Waals surface area contributed by atoms with Crippen molar-refractivity contribution in [2.75, 3.05) is 18.2 Å². The summed E-state index contributed by atoms with van der Waals surface area (Å²) in [6.45, 7) is 6.27. The first-order chi connectivity index (χ1) is 15.1. The third-order valence-electron chi connectivity index (χ3n) is 4.32. The number of aromatic nitrogens is 5. The maximum atomic E-state index is 12.3. The second kappa shape index (κ2) is 9.31. The Hall–Kier alpha value is -3.18. The van der Waals surface area contributed by atoms with Crippen LogP contribution >= 0.6 is 23.1 Å². The average Bonchev–Trinajstić information content (AvgIpc) is 3.50. The molecule has 3 heterocycles. The molecule has 0 aliphatic rings. The number of rotatable bonds is 9. The Bertz CT molecular complexity index is 1230. The van der Waals surface area contributed by atoms with Crippen molar-refractivity contribution in [2.24, 2.45) is 0 Å². The van der Waals surface area contributed by atoms with Crippen LogP contribution in [-0.2, 0) is 17.8 Å². The SMILES string of the molecule is C=CCn1c(SCC(=O)Nc2nnc(CC)s2)nnc1-c1cc2cccc(OC)c2o1. The number of allylic oxidation sites excluding steroid dienone is 1. The maximum absolute atomic E-state index is 12.3. The number of furan rings is 1. The van der Waals surface area contributed by atoms with Crippen molar-refractivity contribution in [3.05, 3.63) is 41.9 Å². The lowest BCUT2D eigenvalue weighted by molar-refractivity contribution is -0.113. The molecule has 0 spiro atoms. The average molecular weight is 457 g/mol. The standard InChI is InChI=1S/C20H20N6O3S2/c1-4-9-26-18(14-10-12-7-6-8-13(28-3)17(12)29-14)23-25-20(26)30-11-15(27)21-19-24-22-16(5-2)31-19/h4,6-8,10H,1,5,9,11H2,2-3H3,(H,21,24,27). The highest BCUT2D eigenvalue weighted by Gasteiger charge is 2.19. The Morgan fingerprint density at radius 3 is 2.97 bits per heavy atom. The molecule has 3 aromatic heterocycles. The minimum absolute atomic E-state index is 0.157. The van der Waals surface area contributed by atoms with Gasteiger partial charge >= 0.3 is 0 Å². The zero-order valence-corrected chi connectivity index (χ0v) is 18.6. The van der Waals surface area contributed by atoms with E-state index in [0.29, 0.717) is 39.7 Å². The lowest BCUT2D eigenvalue weighted by Gasteiger charge is -2.06. The van der Waals surface area contributed by atoms with Crippen molar-refractivity contribution in [3.63, 3.8) is 0 Å². The Morgan fingerprint density at radius 2 is 2.23 bits per heavy atom. The number of hydrogen-bond donors (Lipinski definition) is 1. The van der Waals surface area contributed by atoms with Gasteiger partial charge in [0.25, 0.3) is 0 Å². The first-order valence-electron chi connectivity index (χ1n) is 9.49. The van der Waals surface area contributed by atoms with Crippen LogP contribution in [0.4, 0.5) is 5.13 Å². The molecule has 0 atom stereocenters. The number of carbonyl (C=O) groups excluding carboxylic acids is 1. The molecule has 0 saturated heterocycles. The molecule has 1 N–H and O–H groups in total. The van der Waals surface area contributed by atoms with Crippen LogP contribution in [0.1, 0.15) is 11.9 Å². The smallest absolute Gasteiger partial charge is 0.236 e. The summed E-state index contributed by atoms with van der Waals surface area (Å²) in [4.78, 5) is 12.3. The Labute approximate surface area is 186 Å². The van der Waals surface area contributed by atoms with E-state index in [0.717, 1.165) is 16.8 Å². The Balaban J connectivity index is 1.53. The summed E-state index contributed by atoms with van der Waals surface area (Å²) in [5, 5.41) is 22.1. The molecule has 0 bridgehead atoms. The fourth-order valence-corrected chi connectivity index (χ4v) is 4.35. The topological polar surface area (TPSA) is 108 Å². The number of ether oxygens (including phenoxy) is 1. The van der Waals surface area contributed by atoms with Gasteiger partial charge in [0.2, 0.25) is 16.9 Å². The van der Waals surface area contributed by atoms with E-state index >= 15 is 0 Å². The number of para-hydroxylation sites is 1. The lowest BCUT2D eigenvalue weighted by Crippen LogP contribution is -2.14. The monoisotopic (exact) mass is 456 g/mol. The van der Waals surface area contributed by atoms with E-state index in [9.17, 15) is 4.79 Å². The molecule has 0 aliphatic heterocycles. The Morgan fingerprint density at radius 1 is 1.35 bits per heavy atom. The van der Waals surface area contributed by atoms with Crippen molar-refractivity contribution in [1.82, 2.24) is 25.0 Å². The van der Waals surface area contributed by atoms with E-state index in [1.807, 2.05) is 35.8 Å². The fraction of sp³-hybridized carbons (Fsp3) is 0.250. The first-order valence-corrected chi connectivity index (χ1v) is 11.3. The number of hydrogen-bond acceptors (Lipinski definition) is 9. The van der Waals surface area contributed by atoms with Gasteiger partial charge in [0.15, 0.2) is 22.2 Å². The zero-order chi connectivity index (χ0) is 21.8. The summed E-state index contributed by atoms with van der Waals surface area (Å²) >= 11 is 2.64. The van der Waals surface area contributed by atoms with Crippen molar-refractivity contribution in [1.29, 1.82) is 0 Å². The van der Waals surface area contributed by atoms with Gasteiger partial charge in [-0.15, -0.1) is 27.0 Å². The quantitative estimate of drug-likeness (QED) is 0.297. The molecule has 0 saturated carbocycles. The third kappa shape index (κ3) is 4.47. The number of amides is 1. The van der Waals surface area contributed by atoms with Gasteiger partial charge in [0, 0.05) is 11.9 Å².